The maximum absolute atomic E-state index is 11.8. The number of hydrogen-bond donors (Lipinski definition) is 0. The van der Waals surface area contributed by atoms with E-state index in [1.807, 2.05) is 53.3 Å². The Morgan fingerprint density at radius 1 is 1.19 bits per heavy atom. The molecule has 0 N–H and O–H groups in total. The van der Waals surface area contributed by atoms with E-state index in [2.05, 4.69) is 6.26 Å². The fourth-order valence-electron chi connectivity index (χ4n) is 1.35. The summed E-state index contributed by atoms with van der Waals surface area (Å²) in [5.74, 6) is 0. The summed E-state index contributed by atoms with van der Waals surface area (Å²) in [7, 11) is -1.72. The summed E-state index contributed by atoms with van der Waals surface area (Å²) in [5, 5.41) is 3.40. The van der Waals surface area contributed by atoms with Crippen molar-refractivity contribution in [2.45, 2.75) is 6.61 Å². The lowest BCUT2D eigenvalue weighted by Gasteiger charge is -2.22. The summed E-state index contributed by atoms with van der Waals surface area (Å²) in [5.41, 5.74) is 0.991. The quantitative estimate of drug-likeness (QED) is 0.723. The van der Waals surface area contributed by atoms with Crippen molar-refractivity contribution in [3.63, 3.8) is 0 Å². The van der Waals surface area contributed by atoms with Crippen molar-refractivity contribution in [1.82, 2.24) is 0 Å². The second-order valence-corrected chi connectivity index (χ2v) is 6.11. The zero-order valence-electron chi connectivity index (χ0n) is 8.84. The molecule has 1 radical (unpaired) electrons. The molecule has 16 heavy (non-hydrogen) atoms. The standard InChI is InChI=1S/C13H13O2S/c1-16(9-5-6-10-16)13(14)15-11-12-7-3-2-4-8-12/h2-10H,1,11H2. The summed E-state index contributed by atoms with van der Waals surface area (Å²) >= 11 is 0. The van der Waals surface area contributed by atoms with Gasteiger partial charge < -0.3 is 4.74 Å². The number of benzene rings is 1. The van der Waals surface area contributed by atoms with E-state index in [-0.39, 0.29) is 5.30 Å². The van der Waals surface area contributed by atoms with E-state index in [9.17, 15) is 4.79 Å². The first-order chi connectivity index (χ1) is 7.71. The third kappa shape index (κ3) is 2.36. The van der Waals surface area contributed by atoms with Crippen LogP contribution in [-0.2, 0) is 11.3 Å². The van der Waals surface area contributed by atoms with Gasteiger partial charge >= 0.3 is 5.30 Å². The Morgan fingerprint density at radius 2 is 1.81 bits per heavy atom. The number of carbonyl (C=O) groups is 1. The summed E-state index contributed by atoms with van der Waals surface area (Å²) in [6, 6.07) is 9.63. The predicted molar refractivity (Wildman–Crippen MR) is 67.9 cm³/mol. The summed E-state index contributed by atoms with van der Waals surface area (Å²) in [6.45, 7) is 0.311. The van der Waals surface area contributed by atoms with E-state index in [0.29, 0.717) is 6.61 Å². The third-order valence-electron chi connectivity index (χ3n) is 2.26. The summed E-state index contributed by atoms with van der Waals surface area (Å²) in [4.78, 5) is 11.8. The van der Waals surface area contributed by atoms with Crippen LogP contribution in [0.5, 0.6) is 0 Å². The van der Waals surface area contributed by atoms with E-state index in [1.54, 1.807) is 0 Å². The third-order valence-corrected chi connectivity index (χ3v) is 4.29. The molecule has 1 aromatic rings. The van der Waals surface area contributed by atoms with Crippen LogP contribution in [-0.4, -0.2) is 5.30 Å². The van der Waals surface area contributed by atoms with Crippen molar-refractivity contribution in [2.24, 2.45) is 0 Å². The zero-order chi connectivity index (χ0) is 11.4. The van der Waals surface area contributed by atoms with Gasteiger partial charge in [0.05, 0.1) is 0 Å². The minimum atomic E-state index is -1.72. The van der Waals surface area contributed by atoms with Gasteiger partial charge in [-0.05, 0) is 16.4 Å². The van der Waals surface area contributed by atoms with E-state index < -0.39 is 10.0 Å². The molecule has 0 unspecified atom stereocenters. The second-order valence-electron chi connectivity index (χ2n) is 3.53. The molecule has 3 heteroatoms. The molecule has 1 aliphatic heterocycles. The van der Waals surface area contributed by atoms with E-state index in [1.165, 1.54) is 0 Å². The molecule has 0 atom stereocenters. The molecule has 0 saturated carbocycles. The van der Waals surface area contributed by atoms with Crippen LogP contribution in [0.25, 0.3) is 0 Å². The Balaban J connectivity index is 1.94. The van der Waals surface area contributed by atoms with Crippen molar-refractivity contribution < 1.29 is 9.53 Å². The first-order valence-electron chi connectivity index (χ1n) is 4.93. The lowest BCUT2D eigenvalue weighted by molar-refractivity contribution is 0.168. The largest absolute Gasteiger partial charge is 0.453 e. The van der Waals surface area contributed by atoms with Gasteiger partial charge in [-0.1, -0.05) is 42.5 Å². The van der Waals surface area contributed by atoms with Crippen LogP contribution in [0.1, 0.15) is 5.56 Å². The predicted octanol–water partition coefficient (Wildman–Crippen LogP) is 3.96. The fourth-order valence-corrected chi connectivity index (χ4v) is 2.69. The minimum Gasteiger partial charge on any atom is -0.453 e. The second kappa shape index (κ2) is 4.58. The molecule has 0 amide bonds. The lowest BCUT2D eigenvalue weighted by atomic mass is 10.2. The fraction of sp³-hybridized carbons (Fsp3) is 0.0769. The average molecular weight is 233 g/mol. The van der Waals surface area contributed by atoms with Gasteiger partial charge in [0.15, 0.2) is 0 Å². The van der Waals surface area contributed by atoms with Crippen LogP contribution in [0.15, 0.2) is 53.3 Å². The minimum absolute atomic E-state index is 0.235. The highest BCUT2D eigenvalue weighted by Gasteiger charge is 2.25. The summed E-state index contributed by atoms with van der Waals surface area (Å²) < 4.78 is 5.25. The Morgan fingerprint density at radius 3 is 2.44 bits per heavy atom. The maximum atomic E-state index is 11.8. The molecule has 1 heterocycles. The van der Waals surface area contributed by atoms with Crippen LogP contribution >= 0.6 is 10.0 Å². The van der Waals surface area contributed by atoms with Crippen molar-refractivity contribution in [1.29, 1.82) is 0 Å². The smallest absolute Gasteiger partial charge is 0.357 e. The van der Waals surface area contributed by atoms with Gasteiger partial charge in [0.25, 0.3) is 0 Å². The Bertz CT molecular complexity index is 423. The van der Waals surface area contributed by atoms with Crippen LogP contribution in [0, 0.1) is 6.26 Å². The van der Waals surface area contributed by atoms with Crippen molar-refractivity contribution in [3.8, 4) is 0 Å². The van der Waals surface area contributed by atoms with Gasteiger partial charge in [-0.2, -0.15) is 0 Å². The van der Waals surface area contributed by atoms with E-state index in [0.717, 1.165) is 5.56 Å². The van der Waals surface area contributed by atoms with Crippen molar-refractivity contribution in [2.75, 3.05) is 0 Å². The van der Waals surface area contributed by atoms with E-state index >= 15 is 0 Å². The zero-order valence-corrected chi connectivity index (χ0v) is 9.65. The number of ether oxygens (including phenoxy) is 1. The van der Waals surface area contributed by atoms with Gasteiger partial charge in [0, 0.05) is 6.26 Å². The highest BCUT2D eigenvalue weighted by molar-refractivity contribution is 8.50. The molecule has 0 bridgehead atoms. The summed E-state index contributed by atoms with van der Waals surface area (Å²) in [6.07, 6.45) is 7.60. The lowest BCUT2D eigenvalue weighted by Crippen LogP contribution is -2.06. The monoisotopic (exact) mass is 233 g/mol. The first kappa shape index (κ1) is 11.0. The van der Waals surface area contributed by atoms with Crippen LogP contribution < -0.4 is 0 Å². The molecule has 1 aliphatic rings. The van der Waals surface area contributed by atoms with Crippen molar-refractivity contribution >= 4 is 15.3 Å². The normalized spacial score (nSPS) is 18.3. The van der Waals surface area contributed by atoms with Gasteiger partial charge in [0.2, 0.25) is 0 Å². The molecule has 2 nitrogen and oxygen atoms in total. The number of carbonyl (C=O) groups excluding carboxylic acids is 1. The van der Waals surface area contributed by atoms with Crippen LogP contribution in [0.3, 0.4) is 0 Å². The Kier molecular flexibility index (Phi) is 3.15. The molecule has 0 aliphatic carbocycles. The molecule has 83 valence electrons. The van der Waals surface area contributed by atoms with Gasteiger partial charge in [0.1, 0.15) is 6.61 Å². The van der Waals surface area contributed by atoms with Gasteiger partial charge in [-0.3, -0.25) is 0 Å². The van der Waals surface area contributed by atoms with Crippen LogP contribution in [0.4, 0.5) is 4.79 Å². The highest BCUT2D eigenvalue weighted by atomic mass is 32.3. The molecule has 0 fully saturated rings. The number of rotatable bonds is 2. The van der Waals surface area contributed by atoms with Gasteiger partial charge in [-0.25, -0.2) is 4.79 Å². The van der Waals surface area contributed by atoms with E-state index in [4.69, 9.17) is 4.74 Å². The molecule has 2 rings (SSSR count). The maximum Gasteiger partial charge on any atom is 0.357 e. The molecular formula is C13H13O2S. The van der Waals surface area contributed by atoms with Crippen molar-refractivity contribution in [3.05, 3.63) is 65.1 Å². The number of hydrogen-bond acceptors (Lipinski definition) is 2. The Labute approximate surface area is 96.9 Å². The highest BCUT2D eigenvalue weighted by Crippen LogP contribution is 2.53. The average Bonchev–Trinajstić information content (AvgIpc) is 2.76. The van der Waals surface area contributed by atoms with Crippen LogP contribution in [0.2, 0.25) is 0 Å². The molecule has 1 aromatic carbocycles. The SMILES string of the molecule is [CH2]S1(C(=O)OCc2ccccc2)C=CC=C1. The molecule has 0 saturated heterocycles. The topological polar surface area (TPSA) is 26.3 Å². The molecular weight excluding hydrogens is 220 g/mol. The van der Waals surface area contributed by atoms with Gasteiger partial charge in [-0.15, -0.1) is 10.0 Å². The number of allylic oxidation sites excluding steroid dienone is 2. The first-order valence-corrected chi connectivity index (χ1v) is 6.85. The molecule has 0 spiro atoms. The molecule has 0 aromatic heterocycles. The Hall–Kier alpha value is -1.48.